The van der Waals surface area contributed by atoms with Gasteiger partial charge in [0.05, 0.1) is 6.10 Å². The molecule has 0 bridgehead atoms. The highest BCUT2D eigenvalue weighted by molar-refractivity contribution is 5.95. The van der Waals surface area contributed by atoms with Gasteiger partial charge in [0, 0.05) is 5.56 Å². The number of carbonyl (C=O) groups is 2. The number of rotatable bonds is 6. The first-order valence-corrected chi connectivity index (χ1v) is 8.14. The Morgan fingerprint density at radius 1 is 0.846 bits per heavy atom. The molecule has 0 heterocycles. The molecule has 0 saturated heterocycles. The Bertz CT molecular complexity index is 745. The van der Waals surface area contributed by atoms with Crippen molar-refractivity contribution in [3.8, 4) is 11.5 Å². The van der Waals surface area contributed by atoms with Crippen LogP contribution in [0.15, 0.2) is 48.5 Å². The normalized spacial score (nSPS) is 11.6. The Morgan fingerprint density at radius 3 is 1.96 bits per heavy atom. The summed E-state index contributed by atoms with van der Waals surface area (Å²) in [6.45, 7) is 5.33. The van der Waals surface area contributed by atoms with Gasteiger partial charge in [0.2, 0.25) is 0 Å². The number of carbonyl (C=O) groups excluding carboxylic acids is 2. The van der Waals surface area contributed by atoms with Gasteiger partial charge >= 0.3 is 0 Å². The number of hydrogen-bond donors (Lipinski definition) is 2. The summed E-state index contributed by atoms with van der Waals surface area (Å²) in [5.41, 5.74) is 4.97. The van der Waals surface area contributed by atoms with Gasteiger partial charge in [0.25, 0.3) is 11.8 Å². The van der Waals surface area contributed by atoms with Gasteiger partial charge in [-0.25, -0.2) is 4.39 Å². The molecule has 0 aliphatic rings. The van der Waals surface area contributed by atoms with E-state index in [0.717, 1.165) is 0 Å². The highest BCUT2D eigenvalue weighted by Crippen LogP contribution is 2.14. The summed E-state index contributed by atoms with van der Waals surface area (Å²) in [7, 11) is 0. The SMILES string of the molecule is CC(C)Oc1ccc(C(=O)NNC(=O)[C@@H](C)Oc2ccc(F)cc2)cc1. The van der Waals surface area contributed by atoms with E-state index in [2.05, 4.69) is 10.9 Å². The monoisotopic (exact) mass is 360 g/mol. The van der Waals surface area contributed by atoms with Crippen molar-refractivity contribution in [2.75, 3.05) is 0 Å². The predicted octanol–water partition coefficient (Wildman–Crippen LogP) is 2.84. The van der Waals surface area contributed by atoms with E-state index in [4.69, 9.17) is 9.47 Å². The lowest BCUT2D eigenvalue weighted by atomic mass is 10.2. The first-order chi connectivity index (χ1) is 12.3. The molecule has 2 aromatic carbocycles. The molecule has 26 heavy (non-hydrogen) atoms. The number of ether oxygens (including phenoxy) is 2. The molecule has 0 saturated carbocycles. The quantitative estimate of drug-likeness (QED) is 0.777. The number of amides is 2. The maximum Gasteiger partial charge on any atom is 0.279 e. The number of nitrogens with one attached hydrogen (secondary N) is 2. The van der Waals surface area contributed by atoms with Gasteiger partial charge in [-0.2, -0.15) is 0 Å². The predicted molar refractivity (Wildman–Crippen MR) is 94.3 cm³/mol. The Balaban J connectivity index is 1.83. The second kappa shape index (κ2) is 8.84. The summed E-state index contributed by atoms with van der Waals surface area (Å²) in [6, 6.07) is 11.8. The Hall–Kier alpha value is -3.09. The van der Waals surface area contributed by atoms with Crippen molar-refractivity contribution in [2.45, 2.75) is 33.0 Å². The molecule has 2 amide bonds. The lowest BCUT2D eigenvalue weighted by Gasteiger charge is -2.15. The van der Waals surface area contributed by atoms with E-state index < -0.39 is 23.7 Å². The molecule has 7 heteroatoms. The summed E-state index contributed by atoms with van der Waals surface area (Å²) in [6.07, 6.45) is -0.834. The van der Waals surface area contributed by atoms with E-state index in [9.17, 15) is 14.0 Å². The van der Waals surface area contributed by atoms with Crippen LogP contribution in [-0.4, -0.2) is 24.0 Å². The molecule has 1 atom stereocenters. The van der Waals surface area contributed by atoms with Crippen molar-refractivity contribution in [2.24, 2.45) is 0 Å². The minimum Gasteiger partial charge on any atom is -0.491 e. The molecule has 2 aromatic rings. The molecule has 0 radical (unpaired) electrons. The highest BCUT2D eigenvalue weighted by Gasteiger charge is 2.16. The summed E-state index contributed by atoms with van der Waals surface area (Å²) < 4.78 is 23.7. The lowest BCUT2D eigenvalue weighted by molar-refractivity contribution is -0.128. The topological polar surface area (TPSA) is 76.7 Å². The van der Waals surface area contributed by atoms with Gasteiger partial charge in [-0.3, -0.25) is 20.4 Å². The second-order valence-corrected chi connectivity index (χ2v) is 5.85. The molecule has 0 aromatic heterocycles. The van der Waals surface area contributed by atoms with Gasteiger partial charge in [0.1, 0.15) is 17.3 Å². The van der Waals surface area contributed by atoms with Crippen LogP contribution < -0.4 is 20.3 Å². The molecular weight excluding hydrogens is 339 g/mol. The van der Waals surface area contributed by atoms with E-state index in [1.807, 2.05) is 13.8 Å². The van der Waals surface area contributed by atoms with Crippen molar-refractivity contribution < 1.29 is 23.5 Å². The van der Waals surface area contributed by atoms with Crippen LogP contribution in [0, 0.1) is 5.82 Å². The average Bonchev–Trinajstić information content (AvgIpc) is 2.61. The smallest absolute Gasteiger partial charge is 0.279 e. The van der Waals surface area contributed by atoms with E-state index >= 15 is 0 Å². The first kappa shape index (κ1) is 19.2. The molecule has 0 spiro atoms. The summed E-state index contributed by atoms with van der Waals surface area (Å²) >= 11 is 0. The summed E-state index contributed by atoms with van der Waals surface area (Å²) in [5, 5.41) is 0. The average molecular weight is 360 g/mol. The van der Waals surface area contributed by atoms with Gasteiger partial charge in [-0.15, -0.1) is 0 Å². The first-order valence-electron chi connectivity index (χ1n) is 8.14. The van der Waals surface area contributed by atoms with E-state index in [-0.39, 0.29) is 6.10 Å². The molecule has 0 unspecified atom stereocenters. The third kappa shape index (κ3) is 5.77. The number of hydrogen-bond acceptors (Lipinski definition) is 4. The van der Waals surface area contributed by atoms with Gasteiger partial charge in [0.15, 0.2) is 6.10 Å². The molecule has 2 N–H and O–H groups in total. The van der Waals surface area contributed by atoms with Crippen LogP contribution in [0.5, 0.6) is 11.5 Å². The number of benzene rings is 2. The Morgan fingerprint density at radius 2 is 1.38 bits per heavy atom. The number of halogens is 1. The second-order valence-electron chi connectivity index (χ2n) is 5.85. The molecule has 2 rings (SSSR count). The van der Waals surface area contributed by atoms with Crippen LogP contribution in [-0.2, 0) is 4.79 Å². The van der Waals surface area contributed by atoms with Crippen LogP contribution >= 0.6 is 0 Å². The van der Waals surface area contributed by atoms with E-state index in [0.29, 0.717) is 17.1 Å². The maximum absolute atomic E-state index is 12.9. The minimum atomic E-state index is -0.873. The lowest BCUT2D eigenvalue weighted by Crippen LogP contribution is -2.47. The fourth-order valence-corrected chi connectivity index (χ4v) is 2.02. The van der Waals surface area contributed by atoms with Crippen LogP contribution in [0.25, 0.3) is 0 Å². The van der Waals surface area contributed by atoms with Crippen molar-refractivity contribution in [1.29, 1.82) is 0 Å². The third-order valence-electron chi connectivity index (χ3n) is 3.28. The molecule has 6 nitrogen and oxygen atoms in total. The maximum atomic E-state index is 12.9. The molecule has 0 fully saturated rings. The fraction of sp³-hybridized carbons (Fsp3) is 0.263. The summed E-state index contributed by atoms with van der Waals surface area (Å²) in [5.74, 6) is -0.402. The third-order valence-corrected chi connectivity index (χ3v) is 3.28. The zero-order valence-corrected chi connectivity index (χ0v) is 14.8. The zero-order chi connectivity index (χ0) is 19.1. The molecule has 0 aliphatic heterocycles. The highest BCUT2D eigenvalue weighted by atomic mass is 19.1. The van der Waals surface area contributed by atoms with E-state index in [1.54, 1.807) is 24.3 Å². The molecular formula is C19H21FN2O4. The minimum absolute atomic E-state index is 0.0385. The van der Waals surface area contributed by atoms with Crippen LogP contribution in [0.2, 0.25) is 0 Å². The number of hydrazine groups is 1. The molecule has 138 valence electrons. The van der Waals surface area contributed by atoms with E-state index in [1.165, 1.54) is 31.2 Å². The van der Waals surface area contributed by atoms with Crippen molar-refractivity contribution in [1.82, 2.24) is 10.9 Å². The standard InChI is InChI=1S/C19H21FN2O4/c1-12(2)25-16-8-4-14(5-9-16)19(24)22-21-18(23)13(3)26-17-10-6-15(20)7-11-17/h4-13H,1-3H3,(H,21,23)(H,22,24)/t13-/m1/s1. The zero-order valence-electron chi connectivity index (χ0n) is 14.8. The Labute approximate surface area is 151 Å². The largest absolute Gasteiger partial charge is 0.491 e. The fourth-order valence-electron chi connectivity index (χ4n) is 2.02. The van der Waals surface area contributed by atoms with Gasteiger partial charge in [-0.1, -0.05) is 0 Å². The Kier molecular flexibility index (Phi) is 6.54. The van der Waals surface area contributed by atoms with Crippen LogP contribution in [0.4, 0.5) is 4.39 Å². The van der Waals surface area contributed by atoms with Crippen LogP contribution in [0.1, 0.15) is 31.1 Å². The van der Waals surface area contributed by atoms with Crippen molar-refractivity contribution in [3.05, 3.63) is 59.9 Å². The van der Waals surface area contributed by atoms with Gasteiger partial charge < -0.3 is 9.47 Å². The van der Waals surface area contributed by atoms with Crippen molar-refractivity contribution in [3.63, 3.8) is 0 Å². The van der Waals surface area contributed by atoms with Crippen LogP contribution in [0.3, 0.4) is 0 Å². The van der Waals surface area contributed by atoms with Crippen molar-refractivity contribution >= 4 is 11.8 Å². The molecule has 0 aliphatic carbocycles. The van der Waals surface area contributed by atoms with Gasteiger partial charge in [-0.05, 0) is 69.3 Å². The summed E-state index contributed by atoms with van der Waals surface area (Å²) in [4.78, 5) is 24.0.